The summed E-state index contributed by atoms with van der Waals surface area (Å²) in [5, 5.41) is 0. The molecule has 0 saturated heterocycles. The summed E-state index contributed by atoms with van der Waals surface area (Å²) >= 11 is 1.78. The van der Waals surface area contributed by atoms with E-state index in [9.17, 15) is 0 Å². The summed E-state index contributed by atoms with van der Waals surface area (Å²) in [5.41, 5.74) is 5.20. The molecule has 0 radical (unpaired) electrons. The third kappa shape index (κ3) is 2.85. The van der Waals surface area contributed by atoms with Gasteiger partial charge in [0.1, 0.15) is 0 Å². The molecular formula is C17H18S. The van der Waals surface area contributed by atoms with Crippen molar-refractivity contribution in [2.24, 2.45) is 0 Å². The van der Waals surface area contributed by atoms with Gasteiger partial charge in [0.05, 0.1) is 0 Å². The van der Waals surface area contributed by atoms with Gasteiger partial charge in [-0.1, -0.05) is 36.4 Å². The zero-order valence-electron chi connectivity index (χ0n) is 11.1. The van der Waals surface area contributed by atoms with Crippen molar-refractivity contribution >= 4 is 17.8 Å². The van der Waals surface area contributed by atoms with Crippen LogP contribution in [0.2, 0.25) is 0 Å². The summed E-state index contributed by atoms with van der Waals surface area (Å²) in [5.74, 6) is 0. The molecule has 0 amide bonds. The number of hydrogen-bond donors (Lipinski definition) is 0. The monoisotopic (exact) mass is 254 g/mol. The fraction of sp³-hybridized carbons (Fsp3) is 0.176. The van der Waals surface area contributed by atoms with Crippen LogP contribution in [0.15, 0.2) is 53.4 Å². The Hall–Kier alpha value is -1.47. The second-order valence-electron chi connectivity index (χ2n) is 4.31. The van der Waals surface area contributed by atoms with Crippen LogP contribution in [0, 0.1) is 6.92 Å². The third-order valence-electron chi connectivity index (χ3n) is 3.00. The van der Waals surface area contributed by atoms with Gasteiger partial charge in [0, 0.05) is 4.90 Å². The molecule has 0 saturated carbocycles. The van der Waals surface area contributed by atoms with Crippen molar-refractivity contribution < 1.29 is 0 Å². The number of thioether (sulfide) groups is 1. The van der Waals surface area contributed by atoms with Crippen LogP contribution in [0.1, 0.15) is 18.1 Å². The van der Waals surface area contributed by atoms with Crippen LogP contribution in [-0.2, 0) is 0 Å². The van der Waals surface area contributed by atoms with E-state index in [1.165, 1.54) is 27.1 Å². The van der Waals surface area contributed by atoms with Crippen LogP contribution in [0.4, 0.5) is 0 Å². The highest BCUT2D eigenvalue weighted by Crippen LogP contribution is 2.28. The lowest BCUT2D eigenvalue weighted by molar-refractivity contribution is 1.41. The Balaban J connectivity index is 2.51. The minimum Gasteiger partial charge on any atom is -0.130 e. The molecule has 18 heavy (non-hydrogen) atoms. The summed E-state index contributed by atoms with van der Waals surface area (Å²) in [4.78, 5) is 1.31. The Bertz CT molecular complexity index is 568. The van der Waals surface area contributed by atoms with Gasteiger partial charge in [-0.2, -0.15) is 0 Å². The molecular weight excluding hydrogens is 236 g/mol. The zero-order chi connectivity index (χ0) is 13.0. The van der Waals surface area contributed by atoms with Gasteiger partial charge in [-0.3, -0.25) is 0 Å². The first-order chi connectivity index (χ1) is 8.74. The molecule has 2 aromatic rings. The third-order valence-corrected chi connectivity index (χ3v) is 3.73. The first-order valence-electron chi connectivity index (χ1n) is 6.12. The molecule has 0 N–H and O–H groups in total. The summed E-state index contributed by atoms with van der Waals surface area (Å²) in [6.07, 6.45) is 6.33. The Morgan fingerprint density at radius 1 is 1.06 bits per heavy atom. The molecule has 0 fully saturated rings. The molecule has 2 aromatic carbocycles. The van der Waals surface area contributed by atoms with E-state index in [0.717, 1.165) is 0 Å². The molecule has 0 bridgehead atoms. The van der Waals surface area contributed by atoms with Gasteiger partial charge in [-0.15, -0.1) is 11.8 Å². The van der Waals surface area contributed by atoms with Crippen LogP contribution in [0.25, 0.3) is 17.2 Å². The predicted molar refractivity (Wildman–Crippen MR) is 83.1 cm³/mol. The number of benzene rings is 2. The van der Waals surface area contributed by atoms with Gasteiger partial charge >= 0.3 is 0 Å². The molecule has 0 unspecified atom stereocenters. The van der Waals surface area contributed by atoms with Crippen molar-refractivity contribution in [1.29, 1.82) is 0 Å². The fourth-order valence-electron chi connectivity index (χ4n) is 2.04. The number of aryl methyl sites for hydroxylation is 1. The Morgan fingerprint density at radius 3 is 2.61 bits per heavy atom. The first-order valence-corrected chi connectivity index (χ1v) is 7.35. The van der Waals surface area contributed by atoms with E-state index >= 15 is 0 Å². The molecule has 0 aliphatic rings. The van der Waals surface area contributed by atoms with Crippen LogP contribution in [0.5, 0.6) is 0 Å². The van der Waals surface area contributed by atoms with Crippen molar-refractivity contribution in [2.75, 3.05) is 6.26 Å². The highest BCUT2D eigenvalue weighted by molar-refractivity contribution is 7.98. The van der Waals surface area contributed by atoms with Gasteiger partial charge in [0.15, 0.2) is 0 Å². The van der Waals surface area contributed by atoms with Crippen molar-refractivity contribution in [3.8, 4) is 11.1 Å². The maximum atomic E-state index is 2.26. The molecule has 1 heteroatoms. The smallest absolute Gasteiger partial charge is 0.00752 e. The Labute approximate surface area is 114 Å². The van der Waals surface area contributed by atoms with E-state index in [2.05, 4.69) is 67.8 Å². The van der Waals surface area contributed by atoms with E-state index in [1.807, 2.05) is 6.92 Å². The van der Waals surface area contributed by atoms with Crippen molar-refractivity contribution in [3.63, 3.8) is 0 Å². The molecule has 0 aliphatic heterocycles. The van der Waals surface area contributed by atoms with Crippen LogP contribution >= 0.6 is 11.8 Å². The highest BCUT2D eigenvalue weighted by atomic mass is 32.2. The average molecular weight is 254 g/mol. The Morgan fingerprint density at radius 2 is 1.89 bits per heavy atom. The second kappa shape index (κ2) is 5.92. The van der Waals surface area contributed by atoms with Crippen LogP contribution in [-0.4, -0.2) is 6.26 Å². The largest absolute Gasteiger partial charge is 0.130 e. The summed E-state index contributed by atoms with van der Waals surface area (Å²) < 4.78 is 0. The quantitative estimate of drug-likeness (QED) is 0.659. The van der Waals surface area contributed by atoms with Crippen LogP contribution < -0.4 is 0 Å². The van der Waals surface area contributed by atoms with E-state index in [4.69, 9.17) is 0 Å². The summed E-state index contributed by atoms with van der Waals surface area (Å²) in [7, 11) is 0. The van der Waals surface area contributed by atoms with Gasteiger partial charge in [-0.05, 0) is 60.6 Å². The van der Waals surface area contributed by atoms with E-state index < -0.39 is 0 Å². The number of hydrogen-bond acceptors (Lipinski definition) is 1. The molecule has 0 aliphatic carbocycles. The minimum atomic E-state index is 1.26. The molecule has 0 atom stereocenters. The average Bonchev–Trinajstić information content (AvgIpc) is 2.41. The van der Waals surface area contributed by atoms with Gasteiger partial charge < -0.3 is 0 Å². The number of rotatable bonds is 3. The number of allylic oxidation sites excluding steroid dienone is 1. The van der Waals surface area contributed by atoms with E-state index in [0.29, 0.717) is 0 Å². The van der Waals surface area contributed by atoms with E-state index in [1.54, 1.807) is 11.8 Å². The van der Waals surface area contributed by atoms with Gasteiger partial charge in [0.25, 0.3) is 0 Å². The van der Waals surface area contributed by atoms with Gasteiger partial charge in [-0.25, -0.2) is 0 Å². The lowest BCUT2D eigenvalue weighted by Gasteiger charge is -2.09. The first kappa shape index (κ1) is 13.0. The van der Waals surface area contributed by atoms with Gasteiger partial charge in [0.2, 0.25) is 0 Å². The Kier molecular flexibility index (Phi) is 4.27. The lowest BCUT2D eigenvalue weighted by atomic mass is 9.98. The van der Waals surface area contributed by atoms with Crippen molar-refractivity contribution in [3.05, 3.63) is 59.7 Å². The maximum absolute atomic E-state index is 2.26. The topological polar surface area (TPSA) is 0 Å². The second-order valence-corrected chi connectivity index (χ2v) is 5.19. The highest BCUT2D eigenvalue weighted by Gasteiger charge is 2.03. The molecule has 2 rings (SSSR count). The molecule has 0 aromatic heterocycles. The van der Waals surface area contributed by atoms with Crippen molar-refractivity contribution in [2.45, 2.75) is 18.7 Å². The standard InChI is InChI=1S/C17H18S/c1-4-6-14-10-9-13(2)17(11-14)15-7-5-8-16(12-15)18-3/h4-12H,1-3H3/b6-4+. The van der Waals surface area contributed by atoms with Crippen molar-refractivity contribution in [1.82, 2.24) is 0 Å². The molecule has 92 valence electrons. The maximum Gasteiger partial charge on any atom is 0.00752 e. The molecule has 0 heterocycles. The predicted octanol–water partition coefficient (Wildman–Crippen LogP) is 5.42. The zero-order valence-corrected chi connectivity index (χ0v) is 11.9. The normalized spacial score (nSPS) is 11.1. The minimum absolute atomic E-state index is 1.26. The summed E-state index contributed by atoms with van der Waals surface area (Å²) in [6.45, 7) is 4.22. The fourth-order valence-corrected chi connectivity index (χ4v) is 2.50. The summed E-state index contributed by atoms with van der Waals surface area (Å²) in [6, 6.07) is 15.3. The molecule has 0 spiro atoms. The molecule has 0 nitrogen and oxygen atoms in total. The van der Waals surface area contributed by atoms with Crippen LogP contribution in [0.3, 0.4) is 0 Å². The van der Waals surface area contributed by atoms with E-state index in [-0.39, 0.29) is 0 Å². The lowest BCUT2D eigenvalue weighted by Crippen LogP contribution is -1.85. The SMILES string of the molecule is C/C=C/c1ccc(C)c(-c2cccc(SC)c2)c1.